The molecule has 0 aliphatic carbocycles. The molecule has 3 rings (SSSR count). The number of halogens is 2. The molecule has 0 unspecified atom stereocenters. The van der Waals surface area contributed by atoms with Gasteiger partial charge in [0.05, 0.1) is 12.7 Å². The summed E-state index contributed by atoms with van der Waals surface area (Å²) in [5, 5.41) is 3.40. The van der Waals surface area contributed by atoms with Crippen LogP contribution in [-0.2, 0) is 6.54 Å². The van der Waals surface area contributed by atoms with E-state index in [1.807, 2.05) is 36.5 Å². The minimum atomic E-state index is 0. The lowest BCUT2D eigenvalue weighted by Crippen LogP contribution is -2.27. The number of oxazole rings is 1. The third-order valence-corrected chi connectivity index (χ3v) is 3.40. The summed E-state index contributed by atoms with van der Waals surface area (Å²) in [6, 6.07) is 10.1. The van der Waals surface area contributed by atoms with Crippen LogP contribution in [0.1, 0.15) is 12.3 Å². The molecule has 4 nitrogen and oxygen atoms in total. The average molecular weight is 330 g/mol. The lowest BCUT2D eigenvalue weighted by molar-refractivity contribution is 0.255. The smallest absolute Gasteiger partial charge is 0.209 e. The average Bonchev–Trinajstić information content (AvgIpc) is 2.76. The monoisotopic (exact) mass is 329 g/mol. The molecule has 2 heterocycles. The SMILES string of the molecule is Cl.Cl.c1ccc(-c2cnc(CN3CCCNCC3)o2)cc1. The minimum absolute atomic E-state index is 0. The van der Waals surface area contributed by atoms with E-state index in [-0.39, 0.29) is 24.8 Å². The van der Waals surface area contributed by atoms with Gasteiger partial charge in [0, 0.05) is 18.7 Å². The maximum Gasteiger partial charge on any atom is 0.209 e. The summed E-state index contributed by atoms with van der Waals surface area (Å²) in [7, 11) is 0. The van der Waals surface area contributed by atoms with Gasteiger partial charge in [0.15, 0.2) is 5.76 Å². The van der Waals surface area contributed by atoms with E-state index in [4.69, 9.17) is 4.42 Å². The molecule has 0 amide bonds. The molecular weight excluding hydrogens is 309 g/mol. The lowest BCUT2D eigenvalue weighted by atomic mass is 10.2. The van der Waals surface area contributed by atoms with Crippen LogP contribution in [0, 0.1) is 0 Å². The van der Waals surface area contributed by atoms with Crippen molar-refractivity contribution in [2.45, 2.75) is 13.0 Å². The van der Waals surface area contributed by atoms with Crippen molar-refractivity contribution < 1.29 is 4.42 Å². The molecule has 0 atom stereocenters. The van der Waals surface area contributed by atoms with Crippen LogP contribution in [0.5, 0.6) is 0 Å². The van der Waals surface area contributed by atoms with Crippen LogP contribution in [-0.4, -0.2) is 36.1 Å². The van der Waals surface area contributed by atoms with Crippen LogP contribution in [0.25, 0.3) is 11.3 Å². The number of nitrogens with one attached hydrogen (secondary N) is 1. The molecule has 6 heteroatoms. The molecule has 0 spiro atoms. The molecule has 2 aromatic rings. The predicted octanol–water partition coefficient (Wildman–Crippen LogP) is 2.98. The molecule has 1 aliphatic heterocycles. The summed E-state index contributed by atoms with van der Waals surface area (Å²) in [4.78, 5) is 6.78. The van der Waals surface area contributed by atoms with Crippen molar-refractivity contribution in [3.8, 4) is 11.3 Å². The molecule has 1 N–H and O–H groups in total. The largest absolute Gasteiger partial charge is 0.439 e. The summed E-state index contributed by atoms with van der Waals surface area (Å²) in [5.74, 6) is 1.66. The predicted molar refractivity (Wildman–Crippen MR) is 89.2 cm³/mol. The van der Waals surface area contributed by atoms with Crippen molar-refractivity contribution in [3.05, 3.63) is 42.4 Å². The van der Waals surface area contributed by atoms with E-state index in [9.17, 15) is 0 Å². The van der Waals surface area contributed by atoms with Crippen LogP contribution in [0.2, 0.25) is 0 Å². The van der Waals surface area contributed by atoms with E-state index in [1.54, 1.807) is 0 Å². The van der Waals surface area contributed by atoms with Gasteiger partial charge in [-0.3, -0.25) is 4.90 Å². The molecule has 116 valence electrons. The van der Waals surface area contributed by atoms with Crippen molar-refractivity contribution in [3.63, 3.8) is 0 Å². The van der Waals surface area contributed by atoms with Crippen molar-refractivity contribution in [1.82, 2.24) is 15.2 Å². The second-order valence-electron chi connectivity index (χ2n) is 4.86. The maximum atomic E-state index is 5.84. The summed E-state index contributed by atoms with van der Waals surface area (Å²) in [5.41, 5.74) is 1.08. The van der Waals surface area contributed by atoms with E-state index in [0.717, 1.165) is 49.9 Å². The third-order valence-electron chi connectivity index (χ3n) is 3.40. The molecule has 1 aromatic carbocycles. The molecule has 1 saturated heterocycles. The van der Waals surface area contributed by atoms with E-state index in [2.05, 4.69) is 15.2 Å². The van der Waals surface area contributed by atoms with Gasteiger partial charge < -0.3 is 9.73 Å². The fourth-order valence-corrected chi connectivity index (χ4v) is 2.37. The maximum absolute atomic E-state index is 5.84. The topological polar surface area (TPSA) is 41.3 Å². The van der Waals surface area contributed by atoms with Gasteiger partial charge in [-0.15, -0.1) is 24.8 Å². The summed E-state index contributed by atoms with van der Waals surface area (Å²) < 4.78 is 5.84. The fourth-order valence-electron chi connectivity index (χ4n) is 2.37. The number of rotatable bonds is 3. The Bertz CT molecular complexity index is 511. The van der Waals surface area contributed by atoms with Gasteiger partial charge in [-0.05, 0) is 19.5 Å². The zero-order valence-corrected chi connectivity index (χ0v) is 13.5. The van der Waals surface area contributed by atoms with E-state index in [0.29, 0.717) is 0 Å². The van der Waals surface area contributed by atoms with Crippen LogP contribution < -0.4 is 5.32 Å². The quantitative estimate of drug-likeness (QED) is 0.939. The highest BCUT2D eigenvalue weighted by Gasteiger charge is 2.12. The van der Waals surface area contributed by atoms with Crippen molar-refractivity contribution >= 4 is 24.8 Å². The molecule has 1 aromatic heterocycles. The zero-order valence-electron chi connectivity index (χ0n) is 11.8. The Morgan fingerprint density at radius 1 is 1.10 bits per heavy atom. The van der Waals surface area contributed by atoms with Gasteiger partial charge in [0.2, 0.25) is 5.89 Å². The molecule has 1 fully saturated rings. The Morgan fingerprint density at radius 2 is 1.90 bits per heavy atom. The van der Waals surface area contributed by atoms with Gasteiger partial charge in [-0.1, -0.05) is 30.3 Å². The molecular formula is C15H21Cl2N3O. The second kappa shape index (κ2) is 9.05. The highest BCUT2D eigenvalue weighted by atomic mass is 35.5. The second-order valence-corrected chi connectivity index (χ2v) is 4.86. The molecule has 0 radical (unpaired) electrons. The van der Waals surface area contributed by atoms with Gasteiger partial charge in [-0.2, -0.15) is 0 Å². The molecule has 21 heavy (non-hydrogen) atoms. The number of nitrogens with zero attached hydrogens (tertiary/aromatic N) is 2. The Morgan fingerprint density at radius 3 is 2.71 bits per heavy atom. The number of hydrogen-bond donors (Lipinski definition) is 1. The van der Waals surface area contributed by atoms with Gasteiger partial charge in [0.25, 0.3) is 0 Å². The first-order valence-corrected chi connectivity index (χ1v) is 6.85. The Balaban J connectivity index is 0.00000110. The van der Waals surface area contributed by atoms with Gasteiger partial charge in [0.1, 0.15) is 0 Å². The number of benzene rings is 1. The van der Waals surface area contributed by atoms with Gasteiger partial charge in [-0.25, -0.2) is 4.98 Å². The van der Waals surface area contributed by atoms with Crippen molar-refractivity contribution in [2.24, 2.45) is 0 Å². The molecule has 0 bridgehead atoms. The van der Waals surface area contributed by atoms with Crippen molar-refractivity contribution in [1.29, 1.82) is 0 Å². The summed E-state index contributed by atoms with van der Waals surface area (Å²) in [6.07, 6.45) is 3.01. The first-order chi connectivity index (χ1) is 9.42. The van der Waals surface area contributed by atoms with Crippen LogP contribution in [0.3, 0.4) is 0 Å². The van der Waals surface area contributed by atoms with Crippen LogP contribution >= 0.6 is 24.8 Å². The molecule has 0 saturated carbocycles. The van der Waals surface area contributed by atoms with E-state index in [1.165, 1.54) is 6.42 Å². The van der Waals surface area contributed by atoms with Crippen molar-refractivity contribution in [2.75, 3.05) is 26.2 Å². The molecule has 1 aliphatic rings. The van der Waals surface area contributed by atoms with Crippen LogP contribution in [0.15, 0.2) is 40.9 Å². The fraction of sp³-hybridized carbons (Fsp3) is 0.400. The number of aromatic nitrogens is 1. The lowest BCUT2D eigenvalue weighted by Gasteiger charge is -2.16. The first-order valence-electron chi connectivity index (χ1n) is 6.85. The first kappa shape index (κ1) is 18.0. The highest BCUT2D eigenvalue weighted by molar-refractivity contribution is 5.85. The summed E-state index contributed by atoms with van der Waals surface area (Å²) >= 11 is 0. The van der Waals surface area contributed by atoms with Crippen LogP contribution in [0.4, 0.5) is 0 Å². The zero-order chi connectivity index (χ0) is 12.9. The van der Waals surface area contributed by atoms with E-state index >= 15 is 0 Å². The Kier molecular flexibility index (Phi) is 7.75. The standard InChI is InChI=1S/C15H19N3O.2ClH/c1-2-5-13(6-3-1)14-11-17-15(19-14)12-18-9-4-7-16-8-10-18;;/h1-3,5-6,11,16H,4,7-10,12H2;2*1H. The number of hydrogen-bond acceptors (Lipinski definition) is 4. The summed E-state index contributed by atoms with van der Waals surface area (Å²) in [6.45, 7) is 5.12. The third kappa shape index (κ3) is 5.00. The Hall–Kier alpha value is -1.07. The van der Waals surface area contributed by atoms with E-state index < -0.39 is 0 Å². The Labute approximate surface area is 137 Å². The normalized spacial score (nSPS) is 15.6. The van der Waals surface area contributed by atoms with Gasteiger partial charge >= 0.3 is 0 Å². The highest BCUT2D eigenvalue weighted by Crippen LogP contribution is 2.20. The minimum Gasteiger partial charge on any atom is -0.439 e.